The van der Waals surface area contributed by atoms with Gasteiger partial charge in [0.15, 0.2) is 0 Å². The van der Waals surface area contributed by atoms with Crippen LogP contribution in [0.5, 0.6) is 0 Å². The van der Waals surface area contributed by atoms with E-state index in [2.05, 4.69) is 0 Å². The first-order valence-electron chi connectivity index (χ1n) is 8.31. The summed E-state index contributed by atoms with van der Waals surface area (Å²) in [5, 5.41) is 25.4. The lowest BCUT2D eigenvalue weighted by molar-refractivity contribution is -0.129. The second-order valence-corrected chi connectivity index (χ2v) is 8.44. The summed E-state index contributed by atoms with van der Waals surface area (Å²) >= 11 is 0. The van der Waals surface area contributed by atoms with E-state index in [9.17, 15) is 19.8 Å². The summed E-state index contributed by atoms with van der Waals surface area (Å²) in [6, 6.07) is 0. The first kappa shape index (κ1) is 29.8. The number of carbonyl (C=O) groups is 3. The summed E-state index contributed by atoms with van der Waals surface area (Å²) in [6.07, 6.45) is 3.50. The molecule has 7 nitrogen and oxygen atoms in total. The third-order valence-electron chi connectivity index (χ3n) is 3.13. The van der Waals surface area contributed by atoms with Crippen molar-refractivity contribution in [3.05, 3.63) is 11.6 Å². The Morgan fingerprint density at radius 1 is 1.12 bits per heavy atom. The molecule has 0 spiro atoms. The minimum Gasteiger partial charge on any atom is -0.400 e. The van der Waals surface area contributed by atoms with Crippen molar-refractivity contribution < 1.29 is 34.4 Å². The quantitative estimate of drug-likeness (QED) is 0.198. The summed E-state index contributed by atoms with van der Waals surface area (Å²) in [7, 11) is -0.0310. The van der Waals surface area contributed by atoms with Crippen LogP contribution in [-0.4, -0.2) is 79.3 Å². The molecule has 0 aromatic rings. The largest absolute Gasteiger partial charge is 0.400 e. The highest BCUT2D eigenvalue weighted by atomic mass is 31.1. The van der Waals surface area contributed by atoms with Gasteiger partial charge in [-0.25, -0.2) is 0 Å². The van der Waals surface area contributed by atoms with Gasteiger partial charge < -0.3 is 24.9 Å². The molecule has 0 rings (SSSR count). The smallest absolute Gasteiger partial charge is 0.225 e. The first-order chi connectivity index (χ1) is 12.3. The maximum atomic E-state index is 12.2. The third kappa shape index (κ3) is 14.2. The number of aliphatic hydroxyl groups is 3. The lowest BCUT2D eigenvalue weighted by atomic mass is 9.95. The number of ether oxygens (including phenoxy) is 1. The summed E-state index contributed by atoms with van der Waals surface area (Å²) in [5.41, 5.74) is -0.147. The maximum Gasteiger partial charge on any atom is 0.225 e. The molecule has 0 aromatic heterocycles. The van der Waals surface area contributed by atoms with E-state index in [1.165, 1.54) is 6.08 Å². The molecule has 0 fully saturated rings. The zero-order valence-corrected chi connectivity index (χ0v) is 17.6. The molecule has 1 unspecified atom stereocenters. The van der Waals surface area contributed by atoms with Crippen LogP contribution in [0.15, 0.2) is 11.6 Å². The van der Waals surface area contributed by atoms with Gasteiger partial charge in [-0.05, 0) is 40.2 Å². The van der Waals surface area contributed by atoms with E-state index in [4.69, 9.17) is 14.6 Å². The molecule has 0 aliphatic carbocycles. The highest BCUT2D eigenvalue weighted by Gasteiger charge is 2.25. The predicted molar refractivity (Wildman–Crippen MR) is 105 cm³/mol. The van der Waals surface area contributed by atoms with Gasteiger partial charge in [0.1, 0.15) is 6.79 Å². The molecular weight excluding hydrogens is 359 g/mol. The van der Waals surface area contributed by atoms with E-state index in [1.54, 1.807) is 20.8 Å². The summed E-state index contributed by atoms with van der Waals surface area (Å²) < 4.78 is 5.49. The normalized spacial score (nSPS) is 11.2. The number of rotatable bonds is 12. The Hall–Kier alpha value is -0.980. The monoisotopic (exact) mass is 394 g/mol. The van der Waals surface area contributed by atoms with Crippen LogP contribution in [0.1, 0.15) is 34.1 Å². The predicted octanol–water partition coefficient (Wildman–Crippen LogP) is 1.37. The van der Waals surface area contributed by atoms with Crippen LogP contribution in [0.2, 0.25) is 0 Å². The zero-order chi connectivity index (χ0) is 21.2. The molecule has 0 saturated heterocycles. The van der Waals surface area contributed by atoms with Gasteiger partial charge in [0.2, 0.25) is 11.3 Å². The lowest BCUT2D eigenvalue weighted by Gasteiger charge is -2.24. The first-order valence-corrected chi connectivity index (χ1v) is 10.0. The second kappa shape index (κ2) is 18.8. The number of aliphatic hydroxyl groups excluding tert-OH is 3. The Balaban J connectivity index is -0.00000123. The van der Waals surface area contributed by atoms with Crippen LogP contribution in [0.25, 0.3) is 0 Å². The number of ketones is 1. The molecule has 0 amide bonds. The van der Waals surface area contributed by atoms with Crippen LogP contribution < -0.4 is 0 Å². The molecule has 0 radical (unpaired) electrons. The molecule has 3 N–H and O–H groups in total. The van der Waals surface area contributed by atoms with Crippen molar-refractivity contribution in [1.82, 2.24) is 0 Å². The van der Waals surface area contributed by atoms with Crippen LogP contribution in [-0.2, 0) is 19.1 Å². The minimum atomic E-state index is -1.03. The Bertz CT molecular complexity index is 402. The molecule has 8 heteroatoms. The van der Waals surface area contributed by atoms with Crippen LogP contribution in [0.3, 0.4) is 0 Å². The average molecular weight is 394 g/mol. The average Bonchev–Trinajstić information content (AvgIpc) is 2.66. The fourth-order valence-corrected chi connectivity index (χ4v) is 3.59. The molecule has 0 bridgehead atoms. The van der Waals surface area contributed by atoms with Crippen molar-refractivity contribution >= 4 is 26.0 Å². The topological polar surface area (TPSA) is 121 Å². The molecule has 26 heavy (non-hydrogen) atoms. The van der Waals surface area contributed by atoms with Gasteiger partial charge in [-0.15, -0.1) is 0 Å². The zero-order valence-electron chi connectivity index (χ0n) is 16.7. The van der Waals surface area contributed by atoms with Crippen LogP contribution in [0.4, 0.5) is 0 Å². The Kier molecular flexibility index (Phi) is 21.5. The standard InChI is InChI=1S/C16H29O5P.CH4O.CH2O/c1-5-7-22(15(20)14(19)9-13(2)3)8-6-21-12-16(4,10-17)11-18;2*1-2/h9,17-18H,5-8,10-12H2,1-4H3;2H,1H3;1H2. The van der Waals surface area contributed by atoms with Crippen LogP contribution in [0, 0.1) is 5.41 Å². The summed E-state index contributed by atoms with van der Waals surface area (Å²) in [6.45, 7) is 9.56. The van der Waals surface area contributed by atoms with Crippen molar-refractivity contribution in [2.45, 2.75) is 34.1 Å². The van der Waals surface area contributed by atoms with Gasteiger partial charge >= 0.3 is 0 Å². The minimum absolute atomic E-state index is 0.161. The van der Waals surface area contributed by atoms with Gasteiger partial charge in [0.25, 0.3) is 0 Å². The van der Waals surface area contributed by atoms with E-state index in [-0.39, 0.29) is 25.3 Å². The van der Waals surface area contributed by atoms with Gasteiger partial charge in [-0.3, -0.25) is 9.59 Å². The summed E-state index contributed by atoms with van der Waals surface area (Å²) in [5.74, 6) is -0.421. The van der Waals surface area contributed by atoms with E-state index >= 15 is 0 Å². The van der Waals surface area contributed by atoms with E-state index in [0.29, 0.717) is 12.8 Å². The van der Waals surface area contributed by atoms with Gasteiger partial charge in [-0.1, -0.05) is 25.8 Å². The molecule has 0 aliphatic rings. The number of hydrogen-bond donors (Lipinski definition) is 3. The van der Waals surface area contributed by atoms with Gasteiger partial charge in [0.05, 0.1) is 26.4 Å². The van der Waals surface area contributed by atoms with Crippen molar-refractivity contribution in [2.75, 3.05) is 45.9 Å². The lowest BCUT2D eigenvalue weighted by Crippen LogP contribution is -2.32. The molecular formula is C18H35O7P. The molecule has 0 heterocycles. The SMILES string of the molecule is C=O.CCCP(CCOCC(C)(CO)CO)C(=O)C(=O)C=C(C)C.CO. The highest BCUT2D eigenvalue weighted by Crippen LogP contribution is 2.37. The van der Waals surface area contributed by atoms with E-state index in [1.807, 2.05) is 13.7 Å². The highest BCUT2D eigenvalue weighted by molar-refractivity contribution is 7.77. The number of carbonyl (C=O) groups excluding carboxylic acids is 3. The maximum absolute atomic E-state index is 12.2. The number of allylic oxidation sites excluding steroid dienone is 2. The summed E-state index contributed by atoms with van der Waals surface area (Å²) in [4.78, 5) is 32.0. The van der Waals surface area contributed by atoms with Gasteiger partial charge in [0, 0.05) is 12.5 Å². The fourth-order valence-electron chi connectivity index (χ4n) is 1.70. The number of hydrogen-bond acceptors (Lipinski definition) is 7. The van der Waals surface area contributed by atoms with Gasteiger partial charge in [-0.2, -0.15) is 0 Å². The van der Waals surface area contributed by atoms with Crippen molar-refractivity contribution in [2.24, 2.45) is 5.41 Å². The Morgan fingerprint density at radius 2 is 1.62 bits per heavy atom. The van der Waals surface area contributed by atoms with Crippen molar-refractivity contribution in [3.63, 3.8) is 0 Å². The Labute approximate surface area is 158 Å². The molecule has 1 atom stereocenters. The van der Waals surface area contributed by atoms with Crippen LogP contribution >= 0.6 is 7.92 Å². The molecule has 0 saturated carbocycles. The van der Waals surface area contributed by atoms with Crippen molar-refractivity contribution in [3.8, 4) is 0 Å². The Morgan fingerprint density at radius 3 is 2.00 bits per heavy atom. The second-order valence-electron chi connectivity index (χ2n) is 6.06. The van der Waals surface area contributed by atoms with E-state index in [0.717, 1.165) is 25.3 Å². The molecule has 0 aromatic carbocycles. The fraction of sp³-hybridized carbons (Fsp3) is 0.722. The van der Waals surface area contributed by atoms with Crippen molar-refractivity contribution in [1.29, 1.82) is 0 Å². The molecule has 154 valence electrons. The van der Waals surface area contributed by atoms with E-state index < -0.39 is 19.1 Å². The molecule has 0 aliphatic heterocycles. The third-order valence-corrected chi connectivity index (χ3v) is 5.64.